The molecule has 0 fully saturated rings. The first kappa shape index (κ1) is 8.02. The molecule has 1 aromatic carbocycles. The minimum Gasteiger partial charge on any atom is -0.392 e. The summed E-state index contributed by atoms with van der Waals surface area (Å²) in [6.45, 7) is 2.04. The Morgan fingerprint density at radius 1 is 1.36 bits per heavy atom. The lowest BCUT2D eigenvalue weighted by molar-refractivity contribution is 0.350. The van der Waals surface area contributed by atoms with Gasteiger partial charge in [0.2, 0.25) is 0 Å². The summed E-state index contributed by atoms with van der Waals surface area (Å²) in [6.07, 6.45) is 1.93. The van der Waals surface area contributed by atoms with Crippen molar-refractivity contribution in [1.82, 2.24) is 0 Å². The van der Waals surface area contributed by atoms with Crippen molar-refractivity contribution in [2.24, 2.45) is 0 Å². The van der Waals surface area contributed by atoms with Gasteiger partial charge in [-0.1, -0.05) is 36.4 Å². The maximum atomic E-state index is 8.91. The van der Waals surface area contributed by atoms with Crippen LogP contribution in [0.1, 0.15) is 12.5 Å². The van der Waals surface area contributed by atoms with Crippen LogP contribution in [0.15, 0.2) is 36.4 Å². The van der Waals surface area contributed by atoms with Crippen LogP contribution in [0.4, 0.5) is 0 Å². The molecule has 0 aromatic heterocycles. The molecule has 0 atom stereocenters. The average molecular weight is 148 g/mol. The van der Waals surface area contributed by atoms with Crippen LogP contribution in [-0.2, 0) is 0 Å². The van der Waals surface area contributed by atoms with E-state index in [4.69, 9.17) is 5.11 Å². The molecule has 0 aliphatic carbocycles. The van der Waals surface area contributed by atoms with Crippen molar-refractivity contribution in [3.8, 4) is 0 Å². The van der Waals surface area contributed by atoms with E-state index in [1.807, 2.05) is 43.3 Å². The van der Waals surface area contributed by atoms with Gasteiger partial charge in [-0.15, -0.1) is 0 Å². The van der Waals surface area contributed by atoms with Crippen molar-refractivity contribution in [1.29, 1.82) is 0 Å². The Morgan fingerprint density at radius 2 is 2.00 bits per heavy atom. The number of allylic oxidation sites excluding steroid dienone is 1. The fourth-order valence-corrected chi connectivity index (χ4v) is 1.00. The van der Waals surface area contributed by atoms with Gasteiger partial charge >= 0.3 is 0 Å². The van der Waals surface area contributed by atoms with Gasteiger partial charge in [-0.25, -0.2) is 0 Å². The van der Waals surface area contributed by atoms with E-state index in [1.165, 1.54) is 0 Å². The van der Waals surface area contributed by atoms with E-state index < -0.39 is 0 Å². The monoisotopic (exact) mass is 148 g/mol. The molecule has 0 unspecified atom stereocenters. The molecule has 11 heavy (non-hydrogen) atoms. The highest BCUT2D eigenvalue weighted by Crippen LogP contribution is 2.11. The zero-order valence-electron chi connectivity index (χ0n) is 6.62. The summed E-state index contributed by atoms with van der Waals surface area (Å²) in [6, 6.07) is 9.88. The largest absolute Gasteiger partial charge is 0.392 e. The molecule has 0 amide bonds. The predicted molar refractivity (Wildman–Crippen MR) is 47.2 cm³/mol. The van der Waals surface area contributed by atoms with Crippen molar-refractivity contribution in [2.45, 2.75) is 6.92 Å². The third-order valence-electron chi connectivity index (χ3n) is 1.66. The molecular weight excluding hydrogens is 136 g/mol. The standard InChI is InChI=1S/C10H12O/c1-2-9(8-11)10-6-4-3-5-7-10/h2-7,11H,8H2,1H3. The smallest absolute Gasteiger partial charge is 0.0684 e. The van der Waals surface area contributed by atoms with Gasteiger partial charge in [-0.2, -0.15) is 0 Å². The SMILES string of the molecule is CC=C(CO)c1ccccc1. The van der Waals surface area contributed by atoms with Crippen molar-refractivity contribution in [3.63, 3.8) is 0 Å². The van der Waals surface area contributed by atoms with Gasteiger partial charge in [0, 0.05) is 0 Å². The summed E-state index contributed by atoms with van der Waals surface area (Å²) in [5.74, 6) is 0. The third-order valence-corrected chi connectivity index (χ3v) is 1.66. The Kier molecular flexibility index (Phi) is 2.87. The second-order valence-electron chi connectivity index (χ2n) is 2.34. The Labute approximate surface area is 67.0 Å². The first-order chi connectivity index (χ1) is 5.38. The topological polar surface area (TPSA) is 20.2 Å². The highest BCUT2D eigenvalue weighted by molar-refractivity contribution is 5.65. The van der Waals surface area contributed by atoms with Crippen molar-refractivity contribution in [2.75, 3.05) is 6.61 Å². The molecule has 1 nitrogen and oxygen atoms in total. The molecule has 58 valence electrons. The minimum atomic E-state index is 0.112. The molecule has 1 aromatic rings. The van der Waals surface area contributed by atoms with E-state index in [1.54, 1.807) is 0 Å². The molecule has 0 saturated carbocycles. The van der Waals surface area contributed by atoms with Crippen LogP contribution in [0.2, 0.25) is 0 Å². The number of benzene rings is 1. The van der Waals surface area contributed by atoms with Crippen LogP contribution < -0.4 is 0 Å². The average Bonchev–Trinajstić information content (AvgIpc) is 2.09. The molecule has 1 N–H and O–H groups in total. The molecule has 1 heteroatoms. The molecule has 0 heterocycles. The normalized spacial score (nSPS) is 11.6. The zero-order valence-corrected chi connectivity index (χ0v) is 6.62. The molecular formula is C10H12O. The Balaban J connectivity index is 2.92. The minimum absolute atomic E-state index is 0.112. The number of aliphatic hydroxyl groups is 1. The Bertz CT molecular complexity index is 236. The maximum Gasteiger partial charge on any atom is 0.0684 e. The summed E-state index contributed by atoms with van der Waals surface area (Å²) < 4.78 is 0. The molecule has 0 spiro atoms. The molecule has 0 saturated heterocycles. The first-order valence-corrected chi connectivity index (χ1v) is 3.70. The van der Waals surface area contributed by atoms with Crippen LogP contribution >= 0.6 is 0 Å². The second-order valence-corrected chi connectivity index (χ2v) is 2.34. The van der Waals surface area contributed by atoms with E-state index in [9.17, 15) is 0 Å². The van der Waals surface area contributed by atoms with Gasteiger partial charge in [0.05, 0.1) is 6.61 Å². The molecule has 1 rings (SSSR count). The van der Waals surface area contributed by atoms with E-state index in [0.717, 1.165) is 11.1 Å². The van der Waals surface area contributed by atoms with E-state index in [-0.39, 0.29) is 6.61 Å². The van der Waals surface area contributed by atoms with Gasteiger partial charge < -0.3 is 5.11 Å². The van der Waals surface area contributed by atoms with Crippen molar-refractivity contribution in [3.05, 3.63) is 42.0 Å². The summed E-state index contributed by atoms with van der Waals surface area (Å²) >= 11 is 0. The van der Waals surface area contributed by atoms with Crippen molar-refractivity contribution < 1.29 is 5.11 Å². The summed E-state index contributed by atoms with van der Waals surface area (Å²) in [4.78, 5) is 0. The van der Waals surface area contributed by atoms with Crippen LogP contribution in [-0.4, -0.2) is 11.7 Å². The lowest BCUT2D eigenvalue weighted by Gasteiger charge is -2.01. The quantitative estimate of drug-likeness (QED) is 0.680. The zero-order chi connectivity index (χ0) is 8.10. The van der Waals surface area contributed by atoms with E-state index >= 15 is 0 Å². The predicted octanol–water partition coefficient (Wildman–Crippen LogP) is 2.08. The summed E-state index contributed by atoms with van der Waals surface area (Å²) in [5, 5.41) is 8.91. The number of aliphatic hydroxyl groups excluding tert-OH is 1. The van der Waals surface area contributed by atoms with Gasteiger partial charge in [0.1, 0.15) is 0 Å². The molecule has 0 radical (unpaired) electrons. The van der Waals surface area contributed by atoms with E-state index in [2.05, 4.69) is 0 Å². The van der Waals surface area contributed by atoms with Gasteiger partial charge in [0.25, 0.3) is 0 Å². The van der Waals surface area contributed by atoms with Crippen LogP contribution in [0.3, 0.4) is 0 Å². The lowest BCUT2D eigenvalue weighted by atomic mass is 10.1. The number of rotatable bonds is 2. The summed E-state index contributed by atoms with van der Waals surface area (Å²) in [5.41, 5.74) is 2.07. The highest BCUT2D eigenvalue weighted by atomic mass is 16.3. The van der Waals surface area contributed by atoms with Crippen molar-refractivity contribution >= 4 is 5.57 Å². The van der Waals surface area contributed by atoms with Gasteiger partial charge in [-0.3, -0.25) is 0 Å². The van der Waals surface area contributed by atoms with Gasteiger partial charge in [0.15, 0.2) is 0 Å². The van der Waals surface area contributed by atoms with Crippen LogP contribution in [0, 0.1) is 0 Å². The van der Waals surface area contributed by atoms with Crippen LogP contribution in [0.25, 0.3) is 5.57 Å². The molecule has 0 aliphatic heterocycles. The fourth-order valence-electron chi connectivity index (χ4n) is 1.00. The summed E-state index contributed by atoms with van der Waals surface area (Å²) in [7, 11) is 0. The van der Waals surface area contributed by atoms with Crippen LogP contribution in [0.5, 0.6) is 0 Å². The Morgan fingerprint density at radius 3 is 2.45 bits per heavy atom. The fraction of sp³-hybridized carbons (Fsp3) is 0.200. The second kappa shape index (κ2) is 3.94. The molecule has 0 aliphatic rings. The third kappa shape index (κ3) is 1.92. The highest BCUT2D eigenvalue weighted by Gasteiger charge is 1.95. The maximum absolute atomic E-state index is 8.91. The van der Waals surface area contributed by atoms with Gasteiger partial charge in [-0.05, 0) is 18.1 Å². The first-order valence-electron chi connectivity index (χ1n) is 3.70. The molecule has 0 bridgehead atoms. The Hall–Kier alpha value is -1.08. The number of hydrogen-bond donors (Lipinski definition) is 1. The lowest BCUT2D eigenvalue weighted by Crippen LogP contribution is -1.88. The van der Waals surface area contributed by atoms with E-state index in [0.29, 0.717) is 0 Å². The number of hydrogen-bond acceptors (Lipinski definition) is 1.